The fraction of sp³-hybridized carbons (Fsp3) is 0.235. The van der Waals surface area contributed by atoms with Crippen molar-refractivity contribution in [2.45, 2.75) is 27.2 Å². The van der Waals surface area contributed by atoms with Crippen LogP contribution >= 0.6 is 11.3 Å². The number of nitrogens with one attached hydrogen (secondary N) is 1. The third-order valence-electron chi connectivity index (χ3n) is 3.64. The summed E-state index contributed by atoms with van der Waals surface area (Å²) in [5.41, 5.74) is 3.44. The lowest BCUT2D eigenvalue weighted by atomic mass is 9.99. The fourth-order valence-corrected chi connectivity index (χ4v) is 3.23. The summed E-state index contributed by atoms with van der Waals surface area (Å²) in [5.74, 6) is -0.125. The number of pyridine rings is 1. The van der Waals surface area contributed by atoms with Crippen LogP contribution in [0, 0.1) is 13.8 Å². The van der Waals surface area contributed by atoms with E-state index in [-0.39, 0.29) is 5.91 Å². The third-order valence-corrected chi connectivity index (χ3v) is 4.47. The molecule has 0 aliphatic heterocycles. The number of para-hydroxylation sites is 1. The highest BCUT2D eigenvalue weighted by molar-refractivity contribution is 7.15. The van der Waals surface area contributed by atoms with Crippen molar-refractivity contribution in [3.8, 4) is 0 Å². The number of aromatic nitrogens is 2. The molecule has 0 unspecified atom stereocenters. The van der Waals surface area contributed by atoms with Crippen LogP contribution in [-0.2, 0) is 6.42 Å². The van der Waals surface area contributed by atoms with Crippen LogP contribution in [0.4, 0.5) is 5.13 Å². The van der Waals surface area contributed by atoms with E-state index in [0.717, 1.165) is 33.5 Å². The average molecular weight is 311 g/mol. The first-order valence-corrected chi connectivity index (χ1v) is 8.03. The van der Waals surface area contributed by atoms with Gasteiger partial charge in [0.15, 0.2) is 5.13 Å². The molecule has 22 heavy (non-hydrogen) atoms. The van der Waals surface area contributed by atoms with Gasteiger partial charge in [-0.2, -0.15) is 0 Å². The second-order valence-electron chi connectivity index (χ2n) is 5.16. The van der Waals surface area contributed by atoms with Crippen LogP contribution in [-0.4, -0.2) is 15.9 Å². The van der Waals surface area contributed by atoms with Crippen LogP contribution in [0.5, 0.6) is 0 Å². The Balaban J connectivity index is 2.11. The number of anilines is 1. The number of rotatable bonds is 3. The van der Waals surface area contributed by atoms with Gasteiger partial charge < -0.3 is 0 Å². The van der Waals surface area contributed by atoms with Crippen LogP contribution < -0.4 is 5.32 Å². The van der Waals surface area contributed by atoms with Crippen molar-refractivity contribution in [1.82, 2.24) is 9.97 Å². The number of hydrogen-bond donors (Lipinski definition) is 1. The van der Waals surface area contributed by atoms with E-state index in [0.29, 0.717) is 10.7 Å². The minimum absolute atomic E-state index is 0.125. The van der Waals surface area contributed by atoms with Gasteiger partial charge in [0.05, 0.1) is 11.1 Å². The predicted octanol–water partition coefficient (Wildman–Crippen LogP) is 4.12. The Kier molecular flexibility index (Phi) is 3.90. The van der Waals surface area contributed by atoms with Crippen molar-refractivity contribution in [3.63, 3.8) is 0 Å². The summed E-state index contributed by atoms with van der Waals surface area (Å²) in [5, 5.41) is 4.41. The zero-order valence-corrected chi connectivity index (χ0v) is 13.6. The largest absolute Gasteiger partial charge is 0.298 e. The number of thiazole rings is 1. The molecule has 0 bridgehead atoms. The summed E-state index contributed by atoms with van der Waals surface area (Å²) >= 11 is 1.47. The Bertz CT molecular complexity index is 854. The second-order valence-corrected chi connectivity index (χ2v) is 6.39. The first-order chi connectivity index (χ1) is 10.6. The molecule has 112 valence electrons. The maximum Gasteiger partial charge on any atom is 0.258 e. The molecule has 0 fully saturated rings. The third kappa shape index (κ3) is 2.60. The van der Waals surface area contributed by atoms with Crippen molar-refractivity contribution < 1.29 is 4.79 Å². The molecule has 5 heteroatoms. The molecule has 0 saturated carbocycles. The smallest absolute Gasteiger partial charge is 0.258 e. The summed E-state index contributed by atoms with van der Waals surface area (Å²) in [6.45, 7) is 5.98. The molecule has 2 aromatic heterocycles. The van der Waals surface area contributed by atoms with E-state index in [1.807, 2.05) is 38.1 Å². The predicted molar refractivity (Wildman–Crippen MR) is 90.7 cm³/mol. The van der Waals surface area contributed by atoms with Gasteiger partial charge in [-0.3, -0.25) is 15.1 Å². The van der Waals surface area contributed by atoms with E-state index < -0.39 is 0 Å². The lowest BCUT2D eigenvalue weighted by molar-refractivity contribution is 0.102. The minimum atomic E-state index is -0.125. The SMILES string of the molecule is CCc1nc2ccccc2c(C(=O)Nc2ncc(C)s2)c1C. The molecular formula is C17H17N3OS. The van der Waals surface area contributed by atoms with E-state index in [2.05, 4.69) is 22.2 Å². The van der Waals surface area contributed by atoms with Gasteiger partial charge in [0.2, 0.25) is 0 Å². The highest BCUT2D eigenvalue weighted by Gasteiger charge is 2.18. The van der Waals surface area contributed by atoms with Crippen LogP contribution in [0.3, 0.4) is 0 Å². The van der Waals surface area contributed by atoms with Gasteiger partial charge in [0.1, 0.15) is 0 Å². The van der Waals surface area contributed by atoms with Gasteiger partial charge in [0.25, 0.3) is 5.91 Å². The summed E-state index contributed by atoms with van der Waals surface area (Å²) in [6, 6.07) is 7.75. The number of aryl methyl sites for hydroxylation is 2. The zero-order valence-electron chi connectivity index (χ0n) is 12.8. The molecule has 0 atom stereocenters. The molecule has 0 spiro atoms. The summed E-state index contributed by atoms with van der Waals surface area (Å²) < 4.78 is 0. The van der Waals surface area contributed by atoms with E-state index >= 15 is 0 Å². The Morgan fingerprint density at radius 3 is 2.73 bits per heavy atom. The molecule has 1 amide bonds. The van der Waals surface area contributed by atoms with E-state index in [1.165, 1.54) is 11.3 Å². The topological polar surface area (TPSA) is 54.9 Å². The average Bonchev–Trinajstić information content (AvgIpc) is 2.91. The highest BCUT2D eigenvalue weighted by Crippen LogP contribution is 2.25. The zero-order chi connectivity index (χ0) is 15.7. The standard InChI is InChI=1S/C17H17N3OS/c1-4-13-11(3)15(12-7-5-6-8-14(12)19-13)16(21)20-17-18-9-10(2)22-17/h5-9H,4H2,1-3H3,(H,18,20,21). The maximum absolute atomic E-state index is 12.8. The lowest BCUT2D eigenvalue weighted by Crippen LogP contribution is -2.15. The molecule has 0 aliphatic carbocycles. The Hall–Kier alpha value is -2.27. The number of carbonyl (C=O) groups excluding carboxylic acids is 1. The van der Waals surface area contributed by atoms with Crippen LogP contribution in [0.2, 0.25) is 0 Å². The van der Waals surface area contributed by atoms with Crippen molar-refractivity contribution in [1.29, 1.82) is 0 Å². The lowest BCUT2D eigenvalue weighted by Gasteiger charge is -2.12. The van der Waals surface area contributed by atoms with Gasteiger partial charge in [-0.25, -0.2) is 4.98 Å². The number of nitrogens with zero attached hydrogens (tertiary/aromatic N) is 2. The molecule has 1 N–H and O–H groups in total. The molecule has 4 nitrogen and oxygen atoms in total. The molecular weight excluding hydrogens is 294 g/mol. The molecule has 0 saturated heterocycles. The molecule has 3 rings (SSSR count). The molecule has 1 aromatic carbocycles. The molecule has 0 radical (unpaired) electrons. The number of fused-ring (bicyclic) bond motifs is 1. The quantitative estimate of drug-likeness (QED) is 0.791. The highest BCUT2D eigenvalue weighted by atomic mass is 32.1. The second kappa shape index (κ2) is 5.85. The molecule has 0 aliphatic rings. The number of benzene rings is 1. The van der Waals surface area contributed by atoms with Gasteiger partial charge in [-0.1, -0.05) is 25.1 Å². The number of hydrogen-bond acceptors (Lipinski definition) is 4. The van der Waals surface area contributed by atoms with Crippen LogP contribution in [0.1, 0.15) is 33.4 Å². The Labute approximate surface area is 133 Å². The summed E-state index contributed by atoms with van der Waals surface area (Å²) in [6.07, 6.45) is 2.56. The Morgan fingerprint density at radius 2 is 2.05 bits per heavy atom. The first-order valence-electron chi connectivity index (χ1n) is 7.22. The Morgan fingerprint density at radius 1 is 1.27 bits per heavy atom. The van der Waals surface area contributed by atoms with Crippen molar-refractivity contribution in [2.75, 3.05) is 5.32 Å². The van der Waals surface area contributed by atoms with Gasteiger partial charge >= 0.3 is 0 Å². The van der Waals surface area contributed by atoms with Gasteiger partial charge in [0, 0.05) is 22.2 Å². The van der Waals surface area contributed by atoms with E-state index in [9.17, 15) is 4.79 Å². The molecule has 2 heterocycles. The normalized spacial score (nSPS) is 10.9. The van der Waals surface area contributed by atoms with Crippen LogP contribution in [0.15, 0.2) is 30.5 Å². The monoisotopic (exact) mass is 311 g/mol. The van der Waals surface area contributed by atoms with Crippen molar-refractivity contribution in [3.05, 3.63) is 52.2 Å². The number of carbonyl (C=O) groups is 1. The van der Waals surface area contributed by atoms with Crippen molar-refractivity contribution in [2.24, 2.45) is 0 Å². The van der Waals surface area contributed by atoms with Gasteiger partial charge in [-0.15, -0.1) is 11.3 Å². The van der Waals surface area contributed by atoms with Gasteiger partial charge in [-0.05, 0) is 31.9 Å². The van der Waals surface area contributed by atoms with Crippen LogP contribution in [0.25, 0.3) is 10.9 Å². The minimum Gasteiger partial charge on any atom is -0.298 e. The summed E-state index contributed by atoms with van der Waals surface area (Å²) in [4.78, 5) is 22.7. The first kappa shape index (κ1) is 14.7. The maximum atomic E-state index is 12.8. The van der Waals surface area contributed by atoms with E-state index in [1.54, 1.807) is 6.20 Å². The van der Waals surface area contributed by atoms with E-state index in [4.69, 9.17) is 0 Å². The summed E-state index contributed by atoms with van der Waals surface area (Å²) in [7, 11) is 0. The fourth-order valence-electron chi connectivity index (χ4n) is 2.57. The number of amides is 1. The van der Waals surface area contributed by atoms with Crippen molar-refractivity contribution >= 4 is 33.3 Å². The molecule has 3 aromatic rings.